The molecule has 1 aliphatic rings. The van der Waals surface area contributed by atoms with E-state index in [1.54, 1.807) is 5.56 Å². The van der Waals surface area contributed by atoms with Gasteiger partial charge in [0.25, 0.3) is 0 Å². The molecular formula is C26H46N+. The molecule has 1 heteroatoms. The number of hydrogen-bond donors (Lipinski definition) is 0. The van der Waals surface area contributed by atoms with Crippen molar-refractivity contribution in [2.24, 2.45) is 0 Å². The van der Waals surface area contributed by atoms with E-state index in [4.69, 9.17) is 0 Å². The van der Waals surface area contributed by atoms with E-state index in [9.17, 15) is 0 Å². The van der Waals surface area contributed by atoms with Gasteiger partial charge >= 0.3 is 0 Å². The first kappa shape index (κ1) is 22.5. The van der Waals surface area contributed by atoms with Gasteiger partial charge in [0.05, 0.1) is 26.7 Å². The van der Waals surface area contributed by atoms with Gasteiger partial charge in [-0.15, -0.1) is 0 Å². The Morgan fingerprint density at radius 1 is 0.889 bits per heavy atom. The van der Waals surface area contributed by atoms with Gasteiger partial charge in [0.2, 0.25) is 0 Å². The topological polar surface area (TPSA) is 0 Å². The lowest BCUT2D eigenvalue weighted by Gasteiger charge is -2.40. The van der Waals surface area contributed by atoms with Gasteiger partial charge in [-0.05, 0) is 55.6 Å². The van der Waals surface area contributed by atoms with Crippen LogP contribution in [0.3, 0.4) is 0 Å². The average molecular weight is 373 g/mol. The Balaban J connectivity index is 1.80. The molecule has 154 valence electrons. The molecule has 27 heavy (non-hydrogen) atoms. The summed E-state index contributed by atoms with van der Waals surface area (Å²) in [6, 6.07) is 10.6. The quantitative estimate of drug-likeness (QED) is 0.263. The Morgan fingerprint density at radius 3 is 2.19 bits per heavy atom. The predicted octanol–water partition coefficient (Wildman–Crippen LogP) is 7.49. The van der Waals surface area contributed by atoms with Gasteiger partial charge in [-0.1, -0.05) is 76.6 Å². The summed E-state index contributed by atoms with van der Waals surface area (Å²) in [5.74, 6) is 0.759. The van der Waals surface area contributed by atoms with E-state index in [1.807, 2.05) is 0 Å². The van der Waals surface area contributed by atoms with Crippen molar-refractivity contribution in [1.29, 1.82) is 0 Å². The van der Waals surface area contributed by atoms with E-state index in [-0.39, 0.29) is 0 Å². The maximum atomic E-state index is 2.45. The minimum absolute atomic E-state index is 0.759. The lowest BCUT2D eigenvalue weighted by Crippen LogP contribution is -2.50. The highest BCUT2D eigenvalue weighted by Crippen LogP contribution is 2.28. The SMILES string of the molecule is CCCCCCCC(CC)c1ccc(CC[N+](C)(C)C2CCCCC2)cc1. The van der Waals surface area contributed by atoms with Crippen LogP contribution in [0, 0.1) is 0 Å². The van der Waals surface area contributed by atoms with Crippen molar-refractivity contribution in [3.05, 3.63) is 35.4 Å². The maximum Gasteiger partial charge on any atom is 0.0886 e. The van der Waals surface area contributed by atoms with Crippen LogP contribution in [0.1, 0.15) is 108 Å². The second-order valence-electron chi connectivity index (χ2n) is 9.59. The smallest absolute Gasteiger partial charge is 0.0886 e. The Morgan fingerprint density at radius 2 is 1.56 bits per heavy atom. The molecule has 0 bridgehead atoms. The van der Waals surface area contributed by atoms with Crippen LogP contribution in [0.5, 0.6) is 0 Å². The Kier molecular flexibility index (Phi) is 9.90. The summed E-state index contributed by atoms with van der Waals surface area (Å²) in [6.07, 6.45) is 18.0. The third-order valence-corrected chi connectivity index (χ3v) is 7.14. The Hall–Kier alpha value is -0.820. The number of unbranched alkanes of at least 4 members (excludes halogenated alkanes) is 4. The van der Waals surface area contributed by atoms with E-state index in [1.165, 1.54) is 100 Å². The molecule has 0 aromatic heterocycles. The van der Waals surface area contributed by atoms with Crippen molar-refractivity contribution in [3.8, 4) is 0 Å². The van der Waals surface area contributed by atoms with Gasteiger partial charge in [-0.2, -0.15) is 0 Å². The minimum Gasteiger partial charge on any atom is -0.326 e. The molecule has 0 radical (unpaired) electrons. The van der Waals surface area contributed by atoms with Crippen molar-refractivity contribution >= 4 is 0 Å². The molecule has 1 atom stereocenters. The summed E-state index contributed by atoms with van der Waals surface area (Å²) in [7, 11) is 4.91. The zero-order valence-corrected chi connectivity index (χ0v) is 18.8. The van der Waals surface area contributed by atoms with Crippen LogP contribution in [0.25, 0.3) is 0 Å². The van der Waals surface area contributed by atoms with Crippen LogP contribution in [0.15, 0.2) is 24.3 Å². The van der Waals surface area contributed by atoms with E-state index in [0.29, 0.717) is 0 Å². The standard InChI is InChI=1S/C26H46N/c1-5-7-8-9-11-14-24(6-2)25-19-17-23(18-20-25)21-22-27(3,4)26-15-12-10-13-16-26/h17-20,24,26H,5-16,21-22H2,1-4H3/q+1. The van der Waals surface area contributed by atoms with Crippen LogP contribution >= 0.6 is 0 Å². The average Bonchev–Trinajstić information content (AvgIpc) is 2.70. The van der Waals surface area contributed by atoms with Crippen molar-refractivity contribution < 1.29 is 4.48 Å². The highest BCUT2D eigenvalue weighted by molar-refractivity contribution is 5.25. The largest absolute Gasteiger partial charge is 0.326 e. The van der Waals surface area contributed by atoms with Gasteiger partial charge in [0, 0.05) is 6.42 Å². The van der Waals surface area contributed by atoms with Gasteiger partial charge in [-0.3, -0.25) is 0 Å². The number of likely N-dealkylation sites (N-methyl/N-ethyl adjacent to an activating group) is 1. The van der Waals surface area contributed by atoms with Crippen molar-refractivity contribution in [3.63, 3.8) is 0 Å². The molecule has 0 aliphatic heterocycles. The van der Waals surface area contributed by atoms with E-state index in [2.05, 4.69) is 52.2 Å². The van der Waals surface area contributed by atoms with Crippen LogP contribution in [0.4, 0.5) is 0 Å². The fraction of sp³-hybridized carbons (Fsp3) is 0.769. The summed E-state index contributed by atoms with van der Waals surface area (Å²) in [5, 5.41) is 0. The number of quaternary nitrogens is 1. The molecule has 1 aromatic rings. The Bertz CT molecular complexity index is 495. The molecule has 0 heterocycles. The molecule has 1 saturated carbocycles. The third kappa shape index (κ3) is 7.60. The predicted molar refractivity (Wildman–Crippen MR) is 120 cm³/mol. The number of rotatable bonds is 12. The molecule has 0 amide bonds. The first-order chi connectivity index (χ1) is 13.1. The summed E-state index contributed by atoms with van der Waals surface area (Å²) in [6.45, 7) is 5.93. The summed E-state index contributed by atoms with van der Waals surface area (Å²) in [4.78, 5) is 0. The third-order valence-electron chi connectivity index (χ3n) is 7.14. The van der Waals surface area contributed by atoms with Crippen LogP contribution in [0.2, 0.25) is 0 Å². The molecule has 1 nitrogen and oxygen atoms in total. The van der Waals surface area contributed by atoms with Crippen LogP contribution in [-0.4, -0.2) is 31.2 Å². The van der Waals surface area contributed by atoms with Crippen molar-refractivity contribution in [1.82, 2.24) is 0 Å². The molecule has 0 N–H and O–H groups in total. The van der Waals surface area contributed by atoms with E-state index >= 15 is 0 Å². The molecule has 0 spiro atoms. The second-order valence-corrected chi connectivity index (χ2v) is 9.59. The first-order valence-corrected chi connectivity index (χ1v) is 12.0. The van der Waals surface area contributed by atoms with Gasteiger partial charge in [0.15, 0.2) is 0 Å². The molecular weight excluding hydrogens is 326 g/mol. The molecule has 2 rings (SSSR count). The number of benzene rings is 1. The molecule has 1 unspecified atom stereocenters. The maximum absolute atomic E-state index is 2.45. The fourth-order valence-corrected chi connectivity index (χ4v) is 4.94. The Labute approximate surface area is 170 Å². The summed E-state index contributed by atoms with van der Waals surface area (Å²) >= 11 is 0. The monoisotopic (exact) mass is 372 g/mol. The van der Waals surface area contributed by atoms with E-state index in [0.717, 1.165) is 12.0 Å². The summed E-state index contributed by atoms with van der Waals surface area (Å²) in [5.41, 5.74) is 3.09. The highest BCUT2D eigenvalue weighted by atomic mass is 15.3. The van der Waals surface area contributed by atoms with Gasteiger partial charge in [0.1, 0.15) is 0 Å². The molecule has 1 fully saturated rings. The molecule has 1 aliphatic carbocycles. The van der Waals surface area contributed by atoms with Crippen LogP contribution in [-0.2, 0) is 6.42 Å². The molecule has 1 aromatic carbocycles. The minimum atomic E-state index is 0.759. The van der Waals surface area contributed by atoms with Crippen LogP contribution < -0.4 is 0 Å². The van der Waals surface area contributed by atoms with Crippen molar-refractivity contribution in [2.45, 2.75) is 109 Å². The lowest BCUT2D eigenvalue weighted by atomic mass is 9.90. The van der Waals surface area contributed by atoms with Crippen molar-refractivity contribution in [2.75, 3.05) is 20.6 Å². The lowest BCUT2D eigenvalue weighted by molar-refractivity contribution is -0.916. The zero-order chi connectivity index (χ0) is 19.5. The highest BCUT2D eigenvalue weighted by Gasteiger charge is 2.29. The van der Waals surface area contributed by atoms with E-state index < -0.39 is 0 Å². The molecule has 0 saturated heterocycles. The normalized spacial score (nSPS) is 17.2. The zero-order valence-electron chi connectivity index (χ0n) is 18.8. The fourth-order valence-electron chi connectivity index (χ4n) is 4.94. The number of hydrogen-bond acceptors (Lipinski definition) is 0. The number of nitrogens with zero attached hydrogens (tertiary/aromatic N) is 1. The first-order valence-electron chi connectivity index (χ1n) is 12.0. The second kappa shape index (κ2) is 11.9. The summed E-state index contributed by atoms with van der Waals surface area (Å²) < 4.78 is 1.21. The van der Waals surface area contributed by atoms with Gasteiger partial charge in [-0.25, -0.2) is 0 Å². The van der Waals surface area contributed by atoms with Gasteiger partial charge < -0.3 is 4.48 Å².